The van der Waals surface area contributed by atoms with Gasteiger partial charge in [-0.05, 0) is 48.1 Å². The summed E-state index contributed by atoms with van der Waals surface area (Å²) in [6.45, 7) is 5.97. The first-order chi connectivity index (χ1) is 13.9. The molecule has 0 atom stereocenters. The Kier molecular flexibility index (Phi) is 6.54. The van der Waals surface area contributed by atoms with Gasteiger partial charge < -0.3 is 9.72 Å². The van der Waals surface area contributed by atoms with E-state index < -0.39 is 5.91 Å². The number of carbonyl (C=O) groups excluding carboxylic acids is 2. The van der Waals surface area contributed by atoms with Gasteiger partial charge in [0, 0.05) is 23.5 Å². The molecular formula is C23H27N3O3. The largest absolute Gasteiger partial charge is 0.483 e. The summed E-state index contributed by atoms with van der Waals surface area (Å²) in [4.78, 5) is 27.3. The van der Waals surface area contributed by atoms with Crippen LogP contribution in [0.15, 0.2) is 48.7 Å². The van der Waals surface area contributed by atoms with Crippen LogP contribution in [0.25, 0.3) is 10.9 Å². The van der Waals surface area contributed by atoms with E-state index in [0.29, 0.717) is 12.2 Å². The highest BCUT2D eigenvalue weighted by Crippen LogP contribution is 2.27. The summed E-state index contributed by atoms with van der Waals surface area (Å²) in [5, 5.41) is 1.11. The van der Waals surface area contributed by atoms with Gasteiger partial charge in [-0.15, -0.1) is 0 Å². The van der Waals surface area contributed by atoms with E-state index in [1.165, 1.54) is 0 Å². The second-order valence-corrected chi connectivity index (χ2v) is 7.44. The number of para-hydroxylation sites is 1. The highest BCUT2D eigenvalue weighted by molar-refractivity contribution is 5.85. The average Bonchev–Trinajstić information content (AvgIpc) is 3.12. The smallest absolute Gasteiger partial charge is 0.276 e. The van der Waals surface area contributed by atoms with Crippen LogP contribution in [0.2, 0.25) is 0 Å². The Morgan fingerprint density at radius 2 is 1.83 bits per heavy atom. The number of aromatic nitrogens is 1. The summed E-state index contributed by atoms with van der Waals surface area (Å²) < 4.78 is 5.67. The molecule has 2 amide bonds. The predicted molar refractivity (Wildman–Crippen MR) is 114 cm³/mol. The van der Waals surface area contributed by atoms with Gasteiger partial charge in [-0.3, -0.25) is 20.4 Å². The second-order valence-electron chi connectivity index (χ2n) is 7.44. The van der Waals surface area contributed by atoms with Crippen molar-refractivity contribution in [3.63, 3.8) is 0 Å². The summed E-state index contributed by atoms with van der Waals surface area (Å²) in [6, 6.07) is 13.9. The van der Waals surface area contributed by atoms with E-state index in [2.05, 4.69) is 29.7 Å². The summed E-state index contributed by atoms with van der Waals surface area (Å²) in [5.74, 6) is 0.336. The lowest BCUT2D eigenvalue weighted by Crippen LogP contribution is -2.43. The van der Waals surface area contributed by atoms with Crippen molar-refractivity contribution in [3.8, 4) is 5.75 Å². The summed E-state index contributed by atoms with van der Waals surface area (Å²) >= 11 is 0. The summed E-state index contributed by atoms with van der Waals surface area (Å²) in [7, 11) is 0. The molecule has 152 valence electrons. The monoisotopic (exact) mass is 393 g/mol. The number of hydrazine groups is 1. The number of H-pyrrole nitrogens is 1. The molecule has 0 spiro atoms. The molecule has 0 aliphatic carbocycles. The van der Waals surface area contributed by atoms with Crippen LogP contribution in [-0.4, -0.2) is 23.4 Å². The molecule has 2 aromatic carbocycles. The molecule has 6 heteroatoms. The normalized spacial score (nSPS) is 10.9. The van der Waals surface area contributed by atoms with E-state index in [0.717, 1.165) is 27.6 Å². The zero-order valence-corrected chi connectivity index (χ0v) is 17.0. The number of carbonyl (C=O) groups is 2. The van der Waals surface area contributed by atoms with Crippen molar-refractivity contribution >= 4 is 22.7 Å². The number of hydrogen-bond acceptors (Lipinski definition) is 3. The number of benzene rings is 2. The lowest BCUT2D eigenvalue weighted by molar-refractivity contribution is -0.130. The summed E-state index contributed by atoms with van der Waals surface area (Å²) in [6.07, 6.45) is 2.78. The third kappa shape index (κ3) is 5.38. The molecule has 0 aliphatic heterocycles. The number of aromatic amines is 1. The molecule has 29 heavy (non-hydrogen) atoms. The number of hydrogen-bond donors (Lipinski definition) is 3. The van der Waals surface area contributed by atoms with Crippen LogP contribution in [0.3, 0.4) is 0 Å². The van der Waals surface area contributed by atoms with Crippen LogP contribution in [0.5, 0.6) is 5.75 Å². The highest BCUT2D eigenvalue weighted by atomic mass is 16.5. The zero-order chi connectivity index (χ0) is 20.8. The van der Waals surface area contributed by atoms with E-state index in [4.69, 9.17) is 4.74 Å². The minimum absolute atomic E-state index is 0.161. The first-order valence-corrected chi connectivity index (χ1v) is 9.80. The quantitative estimate of drug-likeness (QED) is 0.535. The van der Waals surface area contributed by atoms with Gasteiger partial charge in [0.1, 0.15) is 5.75 Å². The molecular weight excluding hydrogens is 366 g/mol. The third-order valence-electron chi connectivity index (χ3n) is 4.79. The van der Waals surface area contributed by atoms with Crippen molar-refractivity contribution in [2.45, 2.75) is 39.5 Å². The van der Waals surface area contributed by atoms with Gasteiger partial charge in [0.15, 0.2) is 6.61 Å². The highest BCUT2D eigenvalue weighted by Gasteiger charge is 2.11. The Morgan fingerprint density at radius 3 is 2.62 bits per heavy atom. The first-order valence-electron chi connectivity index (χ1n) is 9.80. The van der Waals surface area contributed by atoms with Crippen molar-refractivity contribution in [2.75, 3.05) is 6.61 Å². The molecule has 1 heterocycles. The van der Waals surface area contributed by atoms with Crippen LogP contribution in [0.4, 0.5) is 0 Å². The SMILES string of the molecule is Cc1ccc(C(C)C)c(OCC(=O)NNC(=O)CCc2c[nH]c3ccccc23)c1. The Morgan fingerprint density at radius 1 is 1.07 bits per heavy atom. The maximum atomic E-state index is 12.1. The molecule has 0 fully saturated rings. The molecule has 0 unspecified atom stereocenters. The molecule has 6 nitrogen and oxygen atoms in total. The molecule has 1 aromatic heterocycles. The van der Waals surface area contributed by atoms with Crippen LogP contribution >= 0.6 is 0 Å². The maximum absolute atomic E-state index is 12.1. The van der Waals surface area contributed by atoms with Crippen LogP contribution in [0, 0.1) is 6.92 Å². The minimum atomic E-state index is -0.401. The number of rotatable bonds is 7. The number of aryl methyl sites for hydroxylation is 2. The van der Waals surface area contributed by atoms with Gasteiger partial charge in [-0.25, -0.2) is 0 Å². The number of nitrogens with one attached hydrogen (secondary N) is 3. The average molecular weight is 393 g/mol. The summed E-state index contributed by atoms with van der Waals surface area (Å²) in [5.41, 5.74) is 9.10. The maximum Gasteiger partial charge on any atom is 0.276 e. The number of amides is 2. The molecule has 3 N–H and O–H groups in total. The lowest BCUT2D eigenvalue weighted by Gasteiger charge is -2.15. The first kappa shape index (κ1) is 20.5. The van der Waals surface area contributed by atoms with E-state index in [-0.39, 0.29) is 24.9 Å². The Bertz CT molecular complexity index is 1010. The minimum Gasteiger partial charge on any atom is -0.483 e. The standard InChI is InChI=1S/C23H27N3O3/c1-15(2)18-10-8-16(3)12-21(18)29-14-23(28)26-25-22(27)11-9-17-13-24-20-7-5-4-6-19(17)20/h4-8,10,12-13,15,24H,9,11,14H2,1-3H3,(H,25,27)(H,26,28). The molecule has 0 radical (unpaired) electrons. The van der Waals surface area contributed by atoms with Gasteiger partial charge in [-0.1, -0.05) is 44.2 Å². The topological polar surface area (TPSA) is 83.2 Å². The van der Waals surface area contributed by atoms with Crippen LogP contribution < -0.4 is 15.6 Å². The molecule has 0 bridgehead atoms. The van der Waals surface area contributed by atoms with Gasteiger partial charge in [-0.2, -0.15) is 0 Å². The number of ether oxygens (including phenoxy) is 1. The molecule has 0 saturated carbocycles. The van der Waals surface area contributed by atoms with Crippen LogP contribution in [0.1, 0.15) is 42.9 Å². The van der Waals surface area contributed by atoms with Crippen molar-refractivity contribution in [3.05, 3.63) is 65.4 Å². The van der Waals surface area contributed by atoms with Gasteiger partial charge in [0.05, 0.1) is 0 Å². The third-order valence-corrected chi connectivity index (χ3v) is 4.79. The lowest BCUT2D eigenvalue weighted by atomic mass is 10.0. The van der Waals surface area contributed by atoms with Crippen molar-refractivity contribution in [1.29, 1.82) is 0 Å². The Hall–Kier alpha value is -3.28. The van der Waals surface area contributed by atoms with E-state index in [1.54, 1.807) is 0 Å². The van der Waals surface area contributed by atoms with Crippen molar-refractivity contribution in [2.24, 2.45) is 0 Å². The molecule has 3 aromatic rings. The fourth-order valence-corrected chi connectivity index (χ4v) is 3.21. The molecule has 0 aliphatic rings. The van der Waals surface area contributed by atoms with Crippen molar-refractivity contribution < 1.29 is 14.3 Å². The Balaban J connectivity index is 1.45. The van der Waals surface area contributed by atoms with E-state index >= 15 is 0 Å². The predicted octanol–water partition coefficient (Wildman–Crippen LogP) is 3.76. The second kappa shape index (κ2) is 9.28. The molecule has 0 saturated heterocycles. The van der Waals surface area contributed by atoms with Crippen LogP contribution in [-0.2, 0) is 16.0 Å². The van der Waals surface area contributed by atoms with Gasteiger partial charge in [0.2, 0.25) is 5.91 Å². The Labute approximate surface area is 170 Å². The van der Waals surface area contributed by atoms with E-state index in [9.17, 15) is 9.59 Å². The van der Waals surface area contributed by atoms with E-state index in [1.807, 2.05) is 55.6 Å². The van der Waals surface area contributed by atoms with Gasteiger partial charge in [0.25, 0.3) is 5.91 Å². The van der Waals surface area contributed by atoms with Gasteiger partial charge >= 0.3 is 0 Å². The fourth-order valence-electron chi connectivity index (χ4n) is 3.21. The zero-order valence-electron chi connectivity index (χ0n) is 17.0. The number of fused-ring (bicyclic) bond motifs is 1. The van der Waals surface area contributed by atoms with Crippen molar-refractivity contribution in [1.82, 2.24) is 15.8 Å². The molecule has 3 rings (SSSR count). The fraction of sp³-hybridized carbons (Fsp3) is 0.304.